The first-order valence-electron chi connectivity index (χ1n) is 9.09. The lowest BCUT2D eigenvalue weighted by molar-refractivity contribution is 0.341. The number of aryl methyl sites for hydroxylation is 1. The van der Waals surface area contributed by atoms with Crippen LogP contribution >= 0.6 is 11.8 Å². The average Bonchev–Trinajstić information content (AvgIpc) is 3.44. The summed E-state index contributed by atoms with van der Waals surface area (Å²) >= 11 is 1.72. The van der Waals surface area contributed by atoms with Crippen LogP contribution in [0, 0.1) is 6.92 Å². The summed E-state index contributed by atoms with van der Waals surface area (Å²) in [6.07, 6.45) is 2.46. The highest BCUT2D eigenvalue weighted by atomic mass is 32.2. The van der Waals surface area contributed by atoms with Crippen LogP contribution in [0.3, 0.4) is 0 Å². The number of hydrogen-bond donors (Lipinski definition) is 0. The van der Waals surface area contributed by atoms with Crippen LogP contribution in [0.25, 0.3) is 0 Å². The van der Waals surface area contributed by atoms with Gasteiger partial charge in [0.1, 0.15) is 11.6 Å². The van der Waals surface area contributed by atoms with Gasteiger partial charge in [-0.15, -0.1) is 10.2 Å². The summed E-state index contributed by atoms with van der Waals surface area (Å²) in [7, 11) is 0. The summed E-state index contributed by atoms with van der Waals surface area (Å²) < 4.78 is 8.19. The van der Waals surface area contributed by atoms with E-state index in [0.29, 0.717) is 12.5 Å². The summed E-state index contributed by atoms with van der Waals surface area (Å²) in [5, 5.41) is 9.92. The van der Waals surface area contributed by atoms with Crippen LogP contribution in [0.1, 0.15) is 35.7 Å². The highest BCUT2D eigenvalue weighted by Gasteiger charge is 2.30. The molecule has 0 saturated heterocycles. The van der Waals surface area contributed by atoms with E-state index in [2.05, 4.69) is 58.1 Å². The number of nitrogens with zero attached hydrogens (tertiary/aromatic N) is 3. The zero-order valence-electron chi connectivity index (χ0n) is 15.0. The molecule has 0 spiro atoms. The minimum atomic E-state index is 0.587. The van der Waals surface area contributed by atoms with Gasteiger partial charge in [-0.1, -0.05) is 60.3 Å². The van der Waals surface area contributed by atoms with Crippen molar-refractivity contribution >= 4 is 11.8 Å². The number of rotatable bonds is 8. The maximum atomic E-state index is 5.90. The minimum absolute atomic E-state index is 0.587. The Balaban J connectivity index is 1.40. The lowest BCUT2D eigenvalue weighted by Gasteiger charge is -2.11. The molecule has 1 aromatic heterocycles. The summed E-state index contributed by atoms with van der Waals surface area (Å²) in [5.74, 6) is 3.53. The molecule has 2 aromatic carbocycles. The summed E-state index contributed by atoms with van der Waals surface area (Å²) in [5.41, 5.74) is 2.45. The van der Waals surface area contributed by atoms with Crippen LogP contribution < -0.4 is 4.74 Å². The molecule has 1 heterocycles. The van der Waals surface area contributed by atoms with Crippen molar-refractivity contribution in [2.75, 3.05) is 12.4 Å². The van der Waals surface area contributed by atoms with Gasteiger partial charge in [0.05, 0.1) is 13.2 Å². The van der Waals surface area contributed by atoms with Crippen molar-refractivity contribution in [3.8, 4) is 5.75 Å². The fourth-order valence-corrected chi connectivity index (χ4v) is 3.73. The van der Waals surface area contributed by atoms with Crippen LogP contribution in [0.15, 0.2) is 59.8 Å². The van der Waals surface area contributed by atoms with Crippen LogP contribution in [0.4, 0.5) is 0 Å². The second-order valence-corrected chi connectivity index (χ2v) is 7.71. The lowest BCUT2D eigenvalue weighted by atomic mass is 10.2. The summed E-state index contributed by atoms with van der Waals surface area (Å²) in [6.45, 7) is 3.56. The maximum Gasteiger partial charge on any atom is 0.191 e. The normalized spacial score (nSPS) is 13.7. The number of ether oxygens (including phenoxy) is 1. The molecular formula is C21H23N3OS. The van der Waals surface area contributed by atoms with Crippen LogP contribution in [-0.2, 0) is 6.54 Å². The van der Waals surface area contributed by atoms with Gasteiger partial charge in [-0.3, -0.25) is 0 Å². The maximum absolute atomic E-state index is 5.90. The van der Waals surface area contributed by atoms with Gasteiger partial charge in [-0.25, -0.2) is 0 Å². The van der Waals surface area contributed by atoms with Crippen molar-refractivity contribution in [1.82, 2.24) is 14.8 Å². The third kappa shape index (κ3) is 4.10. The van der Waals surface area contributed by atoms with Gasteiger partial charge in [0.2, 0.25) is 0 Å². The van der Waals surface area contributed by atoms with Crippen molar-refractivity contribution in [3.05, 3.63) is 71.5 Å². The second kappa shape index (κ2) is 7.96. The highest BCUT2D eigenvalue weighted by molar-refractivity contribution is 7.99. The molecule has 3 aromatic rings. The molecule has 1 saturated carbocycles. The Kier molecular flexibility index (Phi) is 5.25. The molecule has 4 nitrogen and oxygen atoms in total. The monoisotopic (exact) mass is 365 g/mol. The van der Waals surface area contributed by atoms with E-state index in [1.807, 2.05) is 18.2 Å². The molecule has 0 radical (unpaired) electrons. The lowest BCUT2D eigenvalue weighted by Crippen LogP contribution is -2.07. The van der Waals surface area contributed by atoms with Crippen molar-refractivity contribution in [2.45, 2.75) is 37.4 Å². The molecular weight excluding hydrogens is 342 g/mol. The molecule has 0 atom stereocenters. The zero-order valence-corrected chi connectivity index (χ0v) is 15.8. The first-order chi connectivity index (χ1) is 12.8. The van der Waals surface area contributed by atoms with E-state index in [1.165, 1.54) is 24.0 Å². The Hall–Kier alpha value is -2.27. The largest absolute Gasteiger partial charge is 0.492 e. The van der Waals surface area contributed by atoms with Crippen molar-refractivity contribution in [2.24, 2.45) is 0 Å². The highest BCUT2D eigenvalue weighted by Crippen LogP contribution is 2.40. The van der Waals surface area contributed by atoms with E-state index in [4.69, 9.17) is 4.74 Å². The molecule has 1 aliphatic carbocycles. The van der Waals surface area contributed by atoms with Gasteiger partial charge in [-0.05, 0) is 37.0 Å². The molecule has 4 rings (SSSR count). The predicted octanol–water partition coefficient (Wildman–Crippen LogP) is 4.68. The van der Waals surface area contributed by atoms with Crippen LogP contribution in [0.2, 0.25) is 0 Å². The van der Waals surface area contributed by atoms with E-state index in [0.717, 1.165) is 29.0 Å². The van der Waals surface area contributed by atoms with E-state index in [9.17, 15) is 0 Å². The molecule has 0 bridgehead atoms. The number of hydrogen-bond acceptors (Lipinski definition) is 4. The fourth-order valence-electron chi connectivity index (χ4n) is 2.97. The predicted molar refractivity (Wildman–Crippen MR) is 105 cm³/mol. The van der Waals surface area contributed by atoms with Gasteiger partial charge in [-0.2, -0.15) is 0 Å². The molecule has 0 aliphatic heterocycles. The van der Waals surface area contributed by atoms with E-state index < -0.39 is 0 Å². The molecule has 0 N–H and O–H groups in total. The molecule has 1 fully saturated rings. The zero-order chi connectivity index (χ0) is 17.8. The standard InChI is InChI=1S/C21H23N3OS/c1-16-7-5-6-10-19(16)25-13-14-26-21-23-22-20(18-11-12-18)24(21)15-17-8-3-2-4-9-17/h2-10,18H,11-15H2,1H3. The van der Waals surface area contributed by atoms with Gasteiger partial charge in [0, 0.05) is 11.7 Å². The molecule has 0 amide bonds. The van der Waals surface area contributed by atoms with Crippen LogP contribution in [0.5, 0.6) is 5.75 Å². The van der Waals surface area contributed by atoms with Gasteiger partial charge >= 0.3 is 0 Å². The van der Waals surface area contributed by atoms with E-state index in [1.54, 1.807) is 11.8 Å². The quantitative estimate of drug-likeness (QED) is 0.429. The van der Waals surface area contributed by atoms with Gasteiger partial charge < -0.3 is 9.30 Å². The van der Waals surface area contributed by atoms with E-state index >= 15 is 0 Å². The molecule has 26 heavy (non-hydrogen) atoms. The Morgan fingerprint density at radius 2 is 1.81 bits per heavy atom. The second-order valence-electron chi connectivity index (χ2n) is 6.65. The van der Waals surface area contributed by atoms with Crippen LogP contribution in [-0.4, -0.2) is 27.1 Å². The Morgan fingerprint density at radius 1 is 1.04 bits per heavy atom. The summed E-state index contributed by atoms with van der Waals surface area (Å²) in [6, 6.07) is 18.7. The topological polar surface area (TPSA) is 39.9 Å². The number of para-hydroxylation sites is 1. The minimum Gasteiger partial charge on any atom is -0.492 e. The van der Waals surface area contributed by atoms with Crippen molar-refractivity contribution < 1.29 is 4.74 Å². The number of benzene rings is 2. The van der Waals surface area contributed by atoms with Crippen molar-refractivity contribution in [3.63, 3.8) is 0 Å². The molecule has 5 heteroatoms. The number of aromatic nitrogens is 3. The fraction of sp³-hybridized carbons (Fsp3) is 0.333. The Bertz CT molecular complexity index is 859. The molecule has 134 valence electrons. The summed E-state index contributed by atoms with van der Waals surface area (Å²) in [4.78, 5) is 0. The SMILES string of the molecule is Cc1ccccc1OCCSc1nnc(C2CC2)n1Cc1ccccc1. The third-order valence-corrected chi connectivity index (χ3v) is 5.47. The first-order valence-corrected chi connectivity index (χ1v) is 10.1. The smallest absolute Gasteiger partial charge is 0.191 e. The Labute approximate surface area is 158 Å². The van der Waals surface area contributed by atoms with E-state index in [-0.39, 0.29) is 0 Å². The average molecular weight is 366 g/mol. The Morgan fingerprint density at radius 3 is 2.58 bits per heavy atom. The van der Waals surface area contributed by atoms with Gasteiger partial charge in [0.15, 0.2) is 5.16 Å². The molecule has 0 unspecified atom stereocenters. The van der Waals surface area contributed by atoms with Gasteiger partial charge in [0.25, 0.3) is 0 Å². The number of thioether (sulfide) groups is 1. The first kappa shape index (κ1) is 17.2. The van der Waals surface area contributed by atoms with Crippen molar-refractivity contribution in [1.29, 1.82) is 0 Å². The molecule has 1 aliphatic rings. The third-order valence-electron chi connectivity index (χ3n) is 4.54.